The number of amides is 2. The second-order valence-electron chi connectivity index (χ2n) is 23.4. The molecule has 4 aliphatic rings. The molecule has 4 unspecified atom stereocenters. The van der Waals surface area contributed by atoms with E-state index < -0.39 is 4.92 Å². The maximum Gasteiger partial charge on any atom is 0.300 e. The van der Waals surface area contributed by atoms with E-state index in [0.717, 1.165) is 90.1 Å². The minimum atomic E-state index is -0.507. The number of nitro groups is 1. The number of rotatable bonds is 36. The zero-order valence-corrected chi connectivity index (χ0v) is 46.7. The maximum atomic E-state index is 14.4. The van der Waals surface area contributed by atoms with E-state index in [1.807, 2.05) is 4.90 Å². The van der Waals surface area contributed by atoms with Crippen LogP contribution in [0.25, 0.3) is 11.0 Å². The highest BCUT2D eigenvalue weighted by Gasteiger charge is 2.66. The molecule has 6 rings (SSSR count). The first-order valence-electron chi connectivity index (χ1n) is 29.6. The van der Waals surface area contributed by atoms with Crippen LogP contribution in [-0.4, -0.2) is 127 Å². The van der Waals surface area contributed by atoms with Crippen molar-refractivity contribution in [3.8, 4) is 0 Å². The molecule has 424 valence electrons. The van der Waals surface area contributed by atoms with Gasteiger partial charge in [-0.1, -0.05) is 72.3 Å². The summed E-state index contributed by atoms with van der Waals surface area (Å²) in [5, 5.41) is 22.2. The number of benzene rings is 1. The predicted octanol–water partition coefficient (Wildman–Crippen LogP) is 9.80. The monoisotopic (exact) mass is 1050 g/mol. The van der Waals surface area contributed by atoms with Crippen molar-refractivity contribution in [3.63, 3.8) is 0 Å². The summed E-state index contributed by atoms with van der Waals surface area (Å²) in [7, 11) is 0. The third kappa shape index (κ3) is 15.5. The smallest absolute Gasteiger partial charge is 0.300 e. The van der Waals surface area contributed by atoms with Crippen LogP contribution in [0, 0.1) is 56.5 Å². The largest absolute Gasteiger partial charge is 0.383 e. The second-order valence-corrected chi connectivity index (χ2v) is 23.4. The van der Waals surface area contributed by atoms with Gasteiger partial charge in [-0.25, -0.2) is 4.63 Å². The van der Waals surface area contributed by atoms with Crippen LogP contribution in [0.3, 0.4) is 0 Å². The summed E-state index contributed by atoms with van der Waals surface area (Å²) >= 11 is 0. The lowest BCUT2D eigenvalue weighted by atomic mass is 9.43. The third-order valence-electron chi connectivity index (χ3n) is 18.7. The Balaban J connectivity index is 1.08. The van der Waals surface area contributed by atoms with E-state index in [9.17, 15) is 19.7 Å². The lowest BCUT2D eigenvalue weighted by molar-refractivity contribution is -0.383. The number of anilines is 1. The zero-order chi connectivity index (χ0) is 53.8. The molecule has 75 heavy (non-hydrogen) atoms. The maximum absolute atomic E-state index is 14.4. The molecule has 17 heteroatoms. The molecule has 11 atom stereocenters. The van der Waals surface area contributed by atoms with Crippen LogP contribution < -0.4 is 22.5 Å². The molecule has 0 bridgehead atoms. The van der Waals surface area contributed by atoms with E-state index in [-0.39, 0.29) is 58.7 Å². The van der Waals surface area contributed by atoms with Gasteiger partial charge in [0.25, 0.3) is 0 Å². The number of nitrogens with two attached hydrogens (primary N) is 3. The molecule has 7 N–H and O–H groups in total. The summed E-state index contributed by atoms with van der Waals surface area (Å²) < 4.78 is 25.4. The average Bonchev–Trinajstić information content (AvgIpc) is 4.04. The molecule has 0 saturated heterocycles. The van der Waals surface area contributed by atoms with Crippen LogP contribution in [0.2, 0.25) is 0 Å². The Hall–Kier alpha value is -3.74. The molecule has 4 saturated carbocycles. The summed E-state index contributed by atoms with van der Waals surface area (Å²) in [6.45, 7) is 20.2. The molecule has 1 aromatic carbocycles. The molecular weight excluding hydrogens is 951 g/mol. The Morgan fingerprint density at radius 2 is 1.53 bits per heavy atom. The first-order valence-corrected chi connectivity index (χ1v) is 29.6. The third-order valence-corrected chi connectivity index (χ3v) is 18.7. The van der Waals surface area contributed by atoms with Crippen molar-refractivity contribution >= 4 is 34.2 Å². The van der Waals surface area contributed by atoms with Crippen LogP contribution in [0.5, 0.6) is 0 Å². The molecule has 17 nitrogen and oxygen atoms in total. The van der Waals surface area contributed by atoms with Gasteiger partial charge in [0.05, 0.1) is 28.9 Å². The van der Waals surface area contributed by atoms with Crippen molar-refractivity contribution in [2.45, 2.75) is 187 Å². The Morgan fingerprint density at radius 3 is 2.27 bits per heavy atom. The molecule has 0 spiro atoms. The number of hydrogen-bond donors (Lipinski definition) is 4. The fourth-order valence-corrected chi connectivity index (χ4v) is 14.6. The van der Waals surface area contributed by atoms with Crippen molar-refractivity contribution in [3.05, 3.63) is 34.9 Å². The predicted molar refractivity (Wildman–Crippen MR) is 297 cm³/mol. The topological polar surface area (TPSA) is 240 Å². The van der Waals surface area contributed by atoms with E-state index >= 15 is 0 Å². The summed E-state index contributed by atoms with van der Waals surface area (Å²) in [6, 6.07) is 3.00. The minimum absolute atomic E-state index is 0.00730. The van der Waals surface area contributed by atoms with Gasteiger partial charge in [-0.05, 0) is 173 Å². The molecule has 1 aromatic heterocycles. The van der Waals surface area contributed by atoms with Crippen LogP contribution in [0.1, 0.15) is 169 Å². The summed E-state index contributed by atoms with van der Waals surface area (Å²) in [4.78, 5) is 42.7. The van der Waals surface area contributed by atoms with Crippen molar-refractivity contribution in [2.24, 2.45) is 63.5 Å². The van der Waals surface area contributed by atoms with E-state index in [4.69, 9.17) is 36.0 Å². The zero-order valence-electron chi connectivity index (χ0n) is 46.7. The van der Waals surface area contributed by atoms with Crippen LogP contribution in [-0.2, 0) is 23.8 Å². The molecule has 4 fully saturated rings. The Kier molecular flexibility index (Phi) is 24.5. The lowest BCUT2D eigenvalue weighted by Gasteiger charge is -2.65. The van der Waals surface area contributed by atoms with Gasteiger partial charge in [0.15, 0.2) is 5.52 Å². The number of hydrogen-bond acceptors (Lipinski definition) is 14. The summed E-state index contributed by atoms with van der Waals surface area (Å²) in [6.07, 6.45) is 24.1. The van der Waals surface area contributed by atoms with Gasteiger partial charge < -0.3 is 46.5 Å². The summed E-state index contributed by atoms with van der Waals surface area (Å²) in [5.41, 5.74) is 19.0. The van der Waals surface area contributed by atoms with Gasteiger partial charge >= 0.3 is 5.69 Å². The fraction of sp³-hybridized carbons (Fsp3) is 0.828. The van der Waals surface area contributed by atoms with Crippen molar-refractivity contribution in [2.75, 3.05) is 77.5 Å². The minimum Gasteiger partial charge on any atom is -0.383 e. The van der Waals surface area contributed by atoms with Gasteiger partial charge in [-0.2, -0.15) is 0 Å². The van der Waals surface area contributed by atoms with E-state index in [0.29, 0.717) is 119 Å². The molecule has 4 aliphatic carbocycles. The Bertz CT molecular complexity index is 2060. The van der Waals surface area contributed by atoms with Crippen LogP contribution in [0.4, 0.5) is 11.4 Å². The first-order chi connectivity index (χ1) is 36.4. The molecule has 2 aromatic rings. The summed E-state index contributed by atoms with van der Waals surface area (Å²) in [5.74, 6) is 2.90. The number of nitrogens with zero attached hydrogens (tertiary/aromatic N) is 5. The Labute approximate surface area is 449 Å². The second kappa shape index (κ2) is 30.4. The van der Waals surface area contributed by atoms with E-state index in [1.165, 1.54) is 51.0 Å². The SMILES string of the molecule is C=CCN(CC(=O)N(CCCCCCCC)CCC[C@@H](C)[C@H]1CCC2C3C(C[C@H](OCCCN)[C@@]21C)[C@@]1(C)CC[C@@H](OCCCN)CC1C[C@H]3OCCCN)C(=O)CCCCCNc1ccc([N+](=O)[O-])c2nonc12. The molecule has 2 amide bonds. The number of aromatic nitrogens is 2. The average molecular weight is 1050 g/mol. The van der Waals surface area contributed by atoms with Gasteiger partial charge in [0.2, 0.25) is 17.3 Å². The highest BCUT2D eigenvalue weighted by molar-refractivity contribution is 5.93. The van der Waals surface area contributed by atoms with Gasteiger partial charge in [-0.3, -0.25) is 19.7 Å². The number of unbranched alkanes of at least 4 members (excludes halogenated alkanes) is 7. The number of fused-ring (bicyclic) bond motifs is 6. The standard InChI is InChI=1S/C58H99N9O8/c1-6-8-9-10-11-15-33-65(53(69)41-66(32-7-2)52(68)21-13-12-14-31-62-48-24-25-49(67(70)71)56-55(48)63-75-64-56)34-16-20-42(3)45-22-23-46-54-47(40-51(58(45,46)5)74-37-19-30-61)57(4)27-26-44(72-35-17-28-59)38-43(57)39-50(54)73-36-18-29-60/h7,24-25,42-47,50-51,54,62H,2,6,8-23,26-41,59-61H2,1,3-5H3/t42-,43?,44-,45-,46?,47?,50-,51+,54?,57+,58-/m1/s1. The number of carbonyl (C=O) groups excluding carboxylic acids is 2. The highest BCUT2D eigenvalue weighted by atomic mass is 16.6. The van der Waals surface area contributed by atoms with Gasteiger partial charge in [0.1, 0.15) is 6.54 Å². The number of nitro benzene ring substituents is 1. The molecule has 0 aliphatic heterocycles. The van der Waals surface area contributed by atoms with Crippen LogP contribution in [0.15, 0.2) is 29.4 Å². The van der Waals surface area contributed by atoms with Crippen molar-refractivity contribution in [1.29, 1.82) is 0 Å². The Morgan fingerprint density at radius 1 is 0.840 bits per heavy atom. The molecule has 1 heterocycles. The van der Waals surface area contributed by atoms with Crippen molar-refractivity contribution < 1.29 is 33.4 Å². The molecular formula is C58H99N9O8. The number of carbonyl (C=O) groups is 2. The van der Waals surface area contributed by atoms with Gasteiger partial charge in [-0.15, -0.1) is 6.58 Å². The molecule has 0 radical (unpaired) electrons. The first kappa shape index (κ1) is 60.5. The van der Waals surface area contributed by atoms with Crippen molar-refractivity contribution in [1.82, 2.24) is 20.1 Å². The van der Waals surface area contributed by atoms with Crippen LogP contribution >= 0.6 is 0 Å². The van der Waals surface area contributed by atoms with E-state index in [2.05, 4.69) is 49.9 Å². The van der Waals surface area contributed by atoms with Gasteiger partial charge in [0, 0.05) is 63.9 Å². The van der Waals surface area contributed by atoms with E-state index in [1.54, 1.807) is 17.0 Å². The fourth-order valence-electron chi connectivity index (χ4n) is 14.6. The quantitative estimate of drug-likeness (QED) is 0.0215. The number of non-ortho nitro benzene ring substituents is 1. The number of ether oxygens (including phenoxy) is 3. The normalized spacial score (nSPS) is 27.6. The lowest BCUT2D eigenvalue weighted by Crippen LogP contribution is -2.63. The highest BCUT2D eigenvalue weighted by Crippen LogP contribution is 2.69. The number of nitrogens with one attached hydrogen (secondary N) is 1.